The van der Waals surface area contributed by atoms with Crippen molar-refractivity contribution in [2.75, 3.05) is 5.73 Å². The second-order valence-corrected chi connectivity index (χ2v) is 7.80. The number of nitrogens with zero attached hydrogens (tertiary/aromatic N) is 3. The van der Waals surface area contributed by atoms with Gasteiger partial charge >= 0.3 is 0 Å². The molecular formula is C22H22ClN5O. The van der Waals surface area contributed by atoms with E-state index >= 15 is 0 Å². The van der Waals surface area contributed by atoms with Gasteiger partial charge in [0.05, 0.1) is 17.6 Å². The largest absolute Gasteiger partial charge is 0.384 e. The fourth-order valence-electron chi connectivity index (χ4n) is 4.00. The third kappa shape index (κ3) is 3.56. The van der Waals surface area contributed by atoms with E-state index in [0.29, 0.717) is 27.5 Å². The van der Waals surface area contributed by atoms with E-state index in [2.05, 4.69) is 9.97 Å². The lowest BCUT2D eigenvalue weighted by Gasteiger charge is -2.20. The minimum Gasteiger partial charge on any atom is -0.384 e. The highest BCUT2D eigenvalue weighted by molar-refractivity contribution is 6.33. The van der Waals surface area contributed by atoms with Crippen molar-refractivity contribution in [3.05, 3.63) is 63.3 Å². The van der Waals surface area contributed by atoms with Crippen LogP contribution in [0.5, 0.6) is 0 Å². The molecule has 0 unspecified atom stereocenters. The maximum Gasteiger partial charge on any atom is 0.260 e. The van der Waals surface area contributed by atoms with Crippen LogP contribution in [-0.4, -0.2) is 20.7 Å². The summed E-state index contributed by atoms with van der Waals surface area (Å²) in [7, 11) is 0. The van der Waals surface area contributed by atoms with E-state index in [9.17, 15) is 4.79 Å². The van der Waals surface area contributed by atoms with Crippen LogP contribution in [0.3, 0.4) is 0 Å². The minimum absolute atomic E-state index is 0.0711. The molecule has 148 valence electrons. The van der Waals surface area contributed by atoms with E-state index in [0.717, 1.165) is 42.6 Å². The van der Waals surface area contributed by atoms with E-state index < -0.39 is 0 Å². The Labute approximate surface area is 173 Å². The summed E-state index contributed by atoms with van der Waals surface area (Å²) in [6, 6.07) is 7.22. The molecule has 29 heavy (non-hydrogen) atoms. The van der Waals surface area contributed by atoms with Crippen LogP contribution in [-0.2, 0) is 0 Å². The maximum absolute atomic E-state index is 13.3. The topological polar surface area (TPSA) is 97.6 Å². The number of benzene rings is 1. The van der Waals surface area contributed by atoms with Gasteiger partial charge in [0.15, 0.2) is 0 Å². The molecule has 7 heteroatoms. The summed E-state index contributed by atoms with van der Waals surface area (Å²) in [4.78, 5) is 22.0. The molecule has 1 aliphatic rings. The molecule has 6 nitrogen and oxygen atoms in total. The summed E-state index contributed by atoms with van der Waals surface area (Å²) in [6.45, 7) is 1.88. The van der Waals surface area contributed by atoms with Crippen LogP contribution in [0.2, 0.25) is 5.02 Å². The number of hydrogen-bond donors (Lipinski definition) is 2. The Hall–Kier alpha value is -2.99. The summed E-state index contributed by atoms with van der Waals surface area (Å²) >= 11 is 6.59. The quantitative estimate of drug-likeness (QED) is 0.616. The Morgan fingerprint density at radius 3 is 2.62 bits per heavy atom. The third-order valence-electron chi connectivity index (χ3n) is 5.46. The Bertz CT molecular complexity index is 1150. The third-order valence-corrected chi connectivity index (χ3v) is 5.77. The van der Waals surface area contributed by atoms with Crippen molar-refractivity contribution in [1.82, 2.24) is 14.5 Å². The molecule has 0 radical (unpaired) electrons. The molecule has 0 atom stereocenters. The number of pyridine rings is 1. The standard InChI is InChI=1S/C22H22ClN5O/c1-13-11-26-12-20(27-13)14-6-7-17(19(23)9-14)18-8-15(10-24)21(25)28(22(18)29)16-4-2-3-5-16/h6-12,16,24H,2-5,25H2,1H3. The molecular weight excluding hydrogens is 386 g/mol. The van der Waals surface area contributed by atoms with Gasteiger partial charge in [0, 0.05) is 45.7 Å². The summed E-state index contributed by atoms with van der Waals surface area (Å²) in [5.41, 5.74) is 10.0. The number of aromatic nitrogens is 3. The number of rotatable bonds is 4. The van der Waals surface area contributed by atoms with Gasteiger partial charge in [-0.2, -0.15) is 0 Å². The lowest BCUT2D eigenvalue weighted by Crippen LogP contribution is -2.28. The first-order valence-electron chi connectivity index (χ1n) is 9.64. The second-order valence-electron chi connectivity index (χ2n) is 7.40. The first kappa shape index (κ1) is 19.3. The van der Waals surface area contributed by atoms with Crippen LogP contribution >= 0.6 is 11.6 Å². The summed E-state index contributed by atoms with van der Waals surface area (Å²) in [5, 5.41) is 8.18. The average Bonchev–Trinajstić information content (AvgIpc) is 3.23. The number of nitrogen functional groups attached to an aromatic ring is 1. The second kappa shape index (κ2) is 7.79. The Kier molecular flexibility index (Phi) is 5.20. The zero-order chi connectivity index (χ0) is 20.5. The molecule has 1 aliphatic carbocycles. The van der Waals surface area contributed by atoms with Crippen LogP contribution in [0.15, 0.2) is 41.5 Å². The molecule has 0 bridgehead atoms. The number of hydrogen-bond acceptors (Lipinski definition) is 5. The van der Waals surface area contributed by atoms with Crippen molar-refractivity contribution in [3.8, 4) is 22.4 Å². The van der Waals surface area contributed by atoms with Crippen molar-refractivity contribution in [2.24, 2.45) is 0 Å². The number of nitrogens with one attached hydrogen (secondary N) is 1. The predicted octanol–water partition coefficient (Wildman–Crippen LogP) is 4.63. The van der Waals surface area contributed by atoms with Gasteiger partial charge in [-0.05, 0) is 31.9 Å². The number of anilines is 1. The Morgan fingerprint density at radius 1 is 1.21 bits per heavy atom. The number of aryl methyl sites for hydroxylation is 1. The highest BCUT2D eigenvalue weighted by atomic mass is 35.5. The minimum atomic E-state index is -0.162. The normalized spacial score (nSPS) is 14.3. The average molecular weight is 408 g/mol. The Balaban J connectivity index is 1.85. The van der Waals surface area contributed by atoms with Crippen LogP contribution in [0.25, 0.3) is 22.4 Å². The first-order chi connectivity index (χ1) is 14.0. The molecule has 0 spiro atoms. The molecule has 2 heterocycles. The van der Waals surface area contributed by atoms with Crippen LogP contribution < -0.4 is 11.3 Å². The fourth-order valence-corrected chi connectivity index (χ4v) is 4.28. The van der Waals surface area contributed by atoms with Gasteiger partial charge in [0.2, 0.25) is 0 Å². The molecule has 1 fully saturated rings. The fraction of sp³-hybridized carbons (Fsp3) is 0.273. The molecule has 0 amide bonds. The summed E-state index contributed by atoms with van der Waals surface area (Å²) < 4.78 is 1.65. The summed E-state index contributed by atoms with van der Waals surface area (Å²) in [5.74, 6) is 0.350. The van der Waals surface area contributed by atoms with Gasteiger partial charge in [0.25, 0.3) is 5.56 Å². The molecule has 1 aromatic carbocycles. The van der Waals surface area contributed by atoms with Crippen molar-refractivity contribution in [2.45, 2.75) is 38.6 Å². The van der Waals surface area contributed by atoms with Crippen molar-refractivity contribution in [3.63, 3.8) is 0 Å². The highest BCUT2D eigenvalue weighted by Crippen LogP contribution is 2.34. The van der Waals surface area contributed by atoms with Crippen molar-refractivity contribution in [1.29, 1.82) is 5.41 Å². The van der Waals surface area contributed by atoms with E-state index in [1.165, 1.54) is 6.21 Å². The monoisotopic (exact) mass is 407 g/mol. The lowest BCUT2D eigenvalue weighted by atomic mass is 10.0. The van der Waals surface area contributed by atoms with E-state index in [-0.39, 0.29) is 11.6 Å². The van der Waals surface area contributed by atoms with Gasteiger partial charge in [-0.25, -0.2) is 4.98 Å². The predicted molar refractivity (Wildman–Crippen MR) is 117 cm³/mol. The van der Waals surface area contributed by atoms with Gasteiger partial charge in [0.1, 0.15) is 5.82 Å². The van der Waals surface area contributed by atoms with Crippen molar-refractivity contribution < 1.29 is 0 Å². The molecule has 3 N–H and O–H groups in total. The SMILES string of the molecule is Cc1cncc(-c2ccc(-c3cc(C=N)c(N)n(C4CCCC4)c3=O)c(Cl)c2)n1. The van der Waals surface area contributed by atoms with Crippen LogP contribution in [0.1, 0.15) is 43.0 Å². The highest BCUT2D eigenvalue weighted by Gasteiger charge is 2.24. The van der Waals surface area contributed by atoms with Gasteiger partial charge < -0.3 is 11.1 Å². The molecule has 4 rings (SSSR count). The lowest BCUT2D eigenvalue weighted by molar-refractivity contribution is 0.510. The zero-order valence-corrected chi connectivity index (χ0v) is 16.9. The van der Waals surface area contributed by atoms with Crippen LogP contribution in [0.4, 0.5) is 5.82 Å². The van der Waals surface area contributed by atoms with E-state index in [1.54, 1.807) is 29.1 Å². The number of halogens is 1. The Morgan fingerprint density at radius 2 is 1.97 bits per heavy atom. The molecule has 0 saturated heterocycles. The van der Waals surface area contributed by atoms with Gasteiger partial charge in [-0.15, -0.1) is 0 Å². The van der Waals surface area contributed by atoms with Crippen molar-refractivity contribution >= 4 is 23.6 Å². The van der Waals surface area contributed by atoms with E-state index in [1.807, 2.05) is 19.1 Å². The van der Waals surface area contributed by atoms with Gasteiger partial charge in [-0.1, -0.05) is 36.6 Å². The van der Waals surface area contributed by atoms with Gasteiger partial charge in [-0.3, -0.25) is 14.3 Å². The van der Waals surface area contributed by atoms with E-state index in [4.69, 9.17) is 22.7 Å². The molecule has 0 aliphatic heterocycles. The molecule has 2 aromatic heterocycles. The maximum atomic E-state index is 13.3. The zero-order valence-electron chi connectivity index (χ0n) is 16.2. The molecule has 3 aromatic rings. The number of nitrogens with two attached hydrogens (primary N) is 1. The first-order valence-corrected chi connectivity index (χ1v) is 10.0. The smallest absolute Gasteiger partial charge is 0.260 e. The molecule has 1 saturated carbocycles. The van der Waals surface area contributed by atoms with Crippen LogP contribution in [0, 0.1) is 12.3 Å². The summed E-state index contributed by atoms with van der Waals surface area (Å²) in [6.07, 6.45) is 8.56.